The van der Waals surface area contributed by atoms with E-state index in [4.69, 9.17) is 5.26 Å². The van der Waals surface area contributed by atoms with Gasteiger partial charge in [0.15, 0.2) is 0 Å². The van der Waals surface area contributed by atoms with Gasteiger partial charge in [-0.25, -0.2) is 0 Å². The number of halogens is 1. The molecule has 2 aromatic rings. The monoisotopic (exact) mass is 371 g/mol. The van der Waals surface area contributed by atoms with Crippen molar-refractivity contribution in [2.45, 2.75) is 0 Å². The Hall–Kier alpha value is -2.98. The number of nitrogens with zero attached hydrogens (tertiary/aromatic N) is 2. The molecule has 0 bridgehead atoms. The molecule has 0 aliphatic carbocycles. The van der Waals surface area contributed by atoms with Crippen LogP contribution in [0.5, 0.6) is 0 Å². The second-order valence-electron chi connectivity index (χ2n) is 4.45. The van der Waals surface area contributed by atoms with Crippen molar-refractivity contribution in [1.29, 1.82) is 5.26 Å². The van der Waals surface area contributed by atoms with E-state index in [1.807, 2.05) is 6.07 Å². The highest BCUT2D eigenvalue weighted by atomic mass is 79.9. The summed E-state index contributed by atoms with van der Waals surface area (Å²) in [5, 5.41) is 22.4. The summed E-state index contributed by atoms with van der Waals surface area (Å²) in [5.41, 5.74) is 0.907. The van der Waals surface area contributed by atoms with Crippen molar-refractivity contribution in [2.75, 3.05) is 5.32 Å². The predicted octanol–water partition coefficient (Wildman–Crippen LogP) is 3.90. The fourth-order valence-electron chi connectivity index (χ4n) is 1.76. The van der Waals surface area contributed by atoms with Gasteiger partial charge in [-0.05, 0) is 51.8 Å². The van der Waals surface area contributed by atoms with E-state index in [2.05, 4.69) is 21.2 Å². The molecule has 0 saturated carbocycles. The number of nitro benzene ring substituents is 1. The van der Waals surface area contributed by atoms with Crippen molar-refractivity contribution in [3.8, 4) is 6.07 Å². The fourth-order valence-corrected chi connectivity index (χ4v) is 2.14. The Morgan fingerprint density at radius 2 is 1.87 bits per heavy atom. The van der Waals surface area contributed by atoms with Gasteiger partial charge in [0, 0.05) is 16.6 Å². The van der Waals surface area contributed by atoms with Crippen molar-refractivity contribution < 1.29 is 9.72 Å². The number of nitro groups is 1. The van der Waals surface area contributed by atoms with Gasteiger partial charge in [0.2, 0.25) is 0 Å². The van der Waals surface area contributed by atoms with Gasteiger partial charge in [-0.15, -0.1) is 0 Å². The molecular weight excluding hydrogens is 362 g/mol. The third-order valence-corrected chi connectivity index (χ3v) is 3.59. The molecule has 0 spiro atoms. The zero-order valence-corrected chi connectivity index (χ0v) is 13.3. The summed E-state index contributed by atoms with van der Waals surface area (Å²) in [6.07, 6.45) is 1.37. The molecule has 1 N–H and O–H groups in total. The standard InChI is InChI=1S/C16H10BrN3O3/c17-14-3-1-2-4-15(14)19-16(21)12(10-18)9-11-5-7-13(8-6-11)20(22)23/h1-9H,(H,19,21)/b12-9-. The quantitative estimate of drug-likeness (QED) is 0.381. The molecule has 0 aliphatic heterocycles. The summed E-state index contributed by atoms with van der Waals surface area (Å²) in [6, 6.07) is 14.4. The van der Waals surface area contributed by atoms with Crippen LogP contribution in [0.25, 0.3) is 6.08 Å². The van der Waals surface area contributed by atoms with E-state index < -0.39 is 10.8 Å². The molecule has 0 fully saturated rings. The minimum Gasteiger partial charge on any atom is -0.320 e. The first-order valence-corrected chi connectivity index (χ1v) is 7.22. The summed E-state index contributed by atoms with van der Waals surface area (Å²) < 4.78 is 0.695. The summed E-state index contributed by atoms with van der Waals surface area (Å²) in [5.74, 6) is -0.558. The topological polar surface area (TPSA) is 96.0 Å². The molecule has 0 saturated heterocycles. The Labute approximate surface area is 140 Å². The minimum absolute atomic E-state index is 0.0571. The summed E-state index contributed by atoms with van der Waals surface area (Å²) in [7, 11) is 0. The molecule has 0 heterocycles. The summed E-state index contributed by atoms with van der Waals surface area (Å²) in [6.45, 7) is 0. The number of para-hydroxylation sites is 1. The number of non-ortho nitro benzene ring substituents is 1. The lowest BCUT2D eigenvalue weighted by Gasteiger charge is -2.06. The van der Waals surface area contributed by atoms with E-state index >= 15 is 0 Å². The normalized spacial score (nSPS) is 10.7. The number of nitrogens with one attached hydrogen (secondary N) is 1. The molecule has 6 nitrogen and oxygen atoms in total. The van der Waals surface area contributed by atoms with E-state index in [0.717, 1.165) is 0 Å². The second-order valence-corrected chi connectivity index (χ2v) is 5.31. The van der Waals surface area contributed by atoms with Gasteiger partial charge in [0.25, 0.3) is 11.6 Å². The van der Waals surface area contributed by atoms with Crippen LogP contribution in [-0.4, -0.2) is 10.8 Å². The highest BCUT2D eigenvalue weighted by Crippen LogP contribution is 2.22. The molecule has 0 aliphatic rings. The van der Waals surface area contributed by atoms with Crippen LogP contribution in [0, 0.1) is 21.4 Å². The van der Waals surface area contributed by atoms with E-state index in [0.29, 0.717) is 15.7 Å². The van der Waals surface area contributed by atoms with Crippen LogP contribution in [0.4, 0.5) is 11.4 Å². The maximum atomic E-state index is 12.1. The van der Waals surface area contributed by atoms with Crippen molar-refractivity contribution >= 4 is 39.3 Å². The van der Waals surface area contributed by atoms with Gasteiger partial charge in [-0.1, -0.05) is 12.1 Å². The lowest BCUT2D eigenvalue weighted by atomic mass is 10.1. The zero-order valence-electron chi connectivity index (χ0n) is 11.7. The Morgan fingerprint density at radius 3 is 2.43 bits per heavy atom. The number of benzene rings is 2. The maximum absolute atomic E-state index is 12.1. The van der Waals surface area contributed by atoms with E-state index in [-0.39, 0.29) is 11.3 Å². The lowest BCUT2D eigenvalue weighted by Crippen LogP contribution is -2.13. The van der Waals surface area contributed by atoms with Gasteiger partial charge in [-0.3, -0.25) is 14.9 Å². The second kappa shape index (κ2) is 7.33. The van der Waals surface area contributed by atoms with Crippen molar-refractivity contribution in [2.24, 2.45) is 0 Å². The van der Waals surface area contributed by atoms with Crippen LogP contribution < -0.4 is 5.32 Å². The molecule has 0 unspecified atom stereocenters. The van der Waals surface area contributed by atoms with Crippen LogP contribution in [0.2, 0.25) is 0 Å². The molecule has 0 atom stereocenters. The molecule has 23 heavy (non-hydrogen) atoms. The van der Waals surface area contributed by atoms with Gasteiger partial charge >= 0.3 is 0 Å². The molecule has 2 aromatic carbocycles. The molecule has 114 valence electrons. The smallest absolute Gasteiger partial charge is 0.269 e. The third-order valence-electron chi connectivity index (χ3n) is 2.90. The average molecular weight is 372 g/mol. The number of amides is 1. The number of rotatable bonds is 4. The van der Waals surface area contributed by atoms with Gasteiger partial charge in [0.05, 0.1) is 10.6 Å². The van der Waals surface area contributed by atoms with Gasteiger partial charge in [0.1, 0.15) is 11.6 Å². The molecule has 2 rings (SSSR count). The predicted molar refractivity (Wildman–Crippen MR) is 89.5 cm³/mol. The molecule has 7 heteroatoms. The van der Waals surface area contributed by atoms with Crippen LogP contribution in [0.15, 0.2) is 58.6 Å². The third kappa shape index (κ3) is 4.25. The van der Waals surface area contributed by atoms with E-state index in [9.17, 15) is 14.9 Å². The minimum atomic E-state index is -0.558. The largest absolute Gasteiger partial charge is 0.320 e. The first-order chi connectivity index (χ1) is 11.0. The molecular formula is C16H10BrN3O3. The number of hydrogen-bond donors (Lipinski definition) is 1. The Morgan fingerprint density at radius 1 is 1.22 bits per heavy atom. The van der Waals surface area contributed by atoms with Crippen molar-refractivity contribution in [1.82, 2.24) is 0 Å². The fraction of sp³-hybridized carbons (Fsp3) is 0. The van der Waals surface area contributed by atoms with Crippen LogP contribution in [0.1, 0.15) is 5.56 Å². The number of nitriles is 1. The van der Waals surface area contributed by atoms with Gasteiger partial charge in [-0.2, -0.15) is 5.26 Å². The molecule has 0 radical (unpaired) electrons. The number of carbonyl (C=O) groups is 1. The number of hydrogen-bond acceptors (Lipinski definition) is 4. The first-order valence-electron chi connectivity index (χ1n) is 6.43. The Kier molecular flexibility index (Phi) is 5.23. The molecule has 1 amide bonds. The first kappa shape index (κ1) is 16.4. The van der Waals surface area contributed by atoms with Crippen LogP contribution in [-0.2, 0) is 4.79 Å². The highest BCUT2D eigenvalue weighted by molar-refractivity contribution is 9.10. The maximum Gasteiger partial charge on any atom is 0.269 e. The Bertz CT molecular complexity index is 823. The Balaban J connectivity index is 2.21. The van der Waals surface area contributed by atoms with Crippen molar-refractivity contribution in [3.63, 3.8) is 0 Å². The van der Waals surface area contributed by atoms with Crippen LogP contribution in [0.3, 0.4) is 0 Å². The van der Waals surface area contributed by atoms with Crippen molar-refractivity contribution in [3.05, 3.63) is 74.3 Å². The molecule has 0 aromatic heterocycles. The summed E-state index contributed by atoms with van der Waals surface area (Å²) >= 11 is 3.30. The lowest BCUT2D eigenvalue weighted by molar-refractivity contribution is -0.384. The average Bonchev–Trinajstić information content (AvgIpc) is 2.55. The summed E-state index contributed by atoms with van der Waals surface area (Å²) in [4.78, 5) is 22.2. The van der Waals surface area contributed by atoms with Gasteiger partial charge < -0.3 is 5.32 Å². The number of carbonyl (C=O) groups excluding carboxylic acids is 1. The van der Waals surface area contributed by atoms with E-state index in [1.54, 1.807) is 24.3 Å². The van der Waals surface area contributed by atoms with Crippen LogP contribution >= 0.6 is 15.9 Å². The zero-order chi connectivity index (χ0) is 16.8. The SMILES string of the molecule is N#C/C(=C/c1ccc([N+](=O)[O-])cc1)C(=O)Nc1ccccc1Br. The van der Waals surface area contributed by atoms with E-state index in [1.165, 1.54) is 30.3 Å². The number of anilines is 1. The highest BCUT2D eigenvalue weighted by Gasteiger charge is 2.11.